The monoisotopic (exact) mass is 470 g/mol. The molecule has 9 nitrogen and oxygen atoms in total. The van der Waals surface area contributed by atoms with Gasteiger partial charge in [0.1, 0.15) is 5.75 Å². The topological polar surface area (TPSA) is 111 Å². The Morgan fingerprint density at radius 1 is 0.857 bits per heavy atom. The molecule has 2 N–H and O–H groups in total. The van der Waals surface area contributed by atoms with Crippen molar-refractivity contribution in [2.24, 2.45) is 5.92 Å². The van der Waals surface area contributed by atoms with Gasteiger partial charge in [0.25, 0.3) is 11.8 Å². The van der Waals surface area contributed by atoms with Gasteiger partial charge in [0.2, 0.25) is 5.82 Å². The van der Waals surface area contributed by atoms with Gasteiger partial charge in [-0.1, -0.05) is 44.2 Å². The molecule has 0 spiro atoms. The molecule has 0 radical (unpaired) electrons. The van der Waals surface area contributed by atoms with Crippen LogP contribution >= 0.6 is 0 Å². The number of carbonyl (C=O) groups is 2. The zero-order valence-corrected chi connectivity index (χ0v) is 19.7. The maximum atomic E-state index is 13.1. The average molecular weight is 471 g/mol. The quantitative estimate of drug-likeness (QED) is 0.394. The lowest BCUT2D eigenvalue weighted by Crippen LogP contribution is -2.31. The van der Waals surface area contributed by atoms with Crippen LogP contribution in [0.4, 0.5) is 11.4 Å². The molecular formula is C26H26N6O3. The van der Waals surface area contributed by atoms with E-state index in [0.29, 0.717) is 28.5 Å². The molecular weight excluding hydrogens is 444 g/mol. The van der Waals surface area contributed by atoms with Crippen molar-refractivity contribution in [3.05, 3.63) is 84.4 Å². The molecule has 0 saturated carbocycles. The number of benzene rings is 3. The second-order valence-corrected chi connectivity index (χ2v) is 8.24. The van der Waals surface area contributed by atoms with Crippen LogP contribution in [-0.2, 0) is 4.79 Å². The number of aromatic nitrogens is 4. The summed E-state index contributed by atoms with van der Waals surface area (Å²) in [6.45, 7) is 3.84. The Bertz CT molecular complexity index is 1280. The summed E-state index contributed by atoms with van der Waals surface area (Å²) in [6.07, 6.45) is 0. The van der Waals surface area contributed by atoms with Crippen LogP contribution < -0.4 is 15.4 Å². The number of hydrogen-bond donors (Lipinski definition) is 2. The summed E-state index contributed by atoms with van der Waals surface area (Å²) >= 11 is 0. The van der Waals surface area contributed by atoms with E-state index < -0.39 is 6.04 Å². The Hall–Kier alpha value is -4.53. The number of carbonyl (C=O) groups excluding carboxylic acids is 2. The van der Waals surface area contributed by atoms with Gasteiger partial charge in [-0.2, -0.15) is 4.80 Å². The molecule has 0 aliphatic heterocycles. The lowest BCUT2D eigenvalue weighted by molar-refractivity contribution is -0.121. The van der Waals surface area contributed by atoms with E-state index in [4.69, 9.17) is 4.74 Å². The zero-order chi connectivity index (χ0) is 24.8. The molecule has 1 unspecified atom stereocenters. The molecule has 1 aromatic heterocycles. The normalized spacial score (nSPS) is 11.7. The van der Waals surface area contributed by atoms with E-state index in [0.717, 1.165) is 5.56 Å². The van der Waals surface area contributed by atoms with Crippen LogP contribution in [0.3, 0.4) is 0 Å². The van der Waals surface area contributed by atoms with Crippen LogP contribution in [-0.4, -0.2) is 39.1 Å². The molecule has 4 aromatic rings. The largest absolute Gasteiger partial charge is 0.497 e. The van der Waals surface area contributed by atoms with Gasteiger partial charge in [0, 0.05) is 22.5 Å². The van der Waals surface area contributed by atoms with E-state index in [9.17, 15) is 9.59 Å². The number of amides is 2. The highest BCUT2D eigenvalue weighted by atomic mass is 16.5. The number of nitrogens with zero attached hydrogens (tertiary/aromatic N) is 4. The van der Waals surface area contributed by atoms with Crippen molar-refractivity contribution in [1.82, 2.24) is 20.2 Å². The van der Waals surface area contributed by atoms with Crippen molar-refractivity contribution in [3.8, 4) is 17.1 Å². The minimum absolute atomic E-state index is 0.0811. The van der Waals surface area contributed by atoms with Crippen molar-refractivity contribution >= 4 is 23.2 Å². The van der Waals surface area contributed by atoms with Crippen LogP contribution in [0.15, 0.2) is 78.9 Å². The number of nitrogens with one attached hydrogen (secondary N) is 2. The predicted octanol–water partition coefficient (Wildman–Crippen LogP) is 4.44. The van der Waals surface area contributed by atoms with Crippen LogP contribution in [0.25, 0.3) is 11.4 Å². The van der Waals surface area contributed by atoms with E-state index in [-0.39, 0.29) is 17.7 Å². The number of methoxy groups -OCH3 is 1. The van der Waals surface area contributed by atoms with Crippen molar-refractivity contribution in [2.75, 3.05) is 17.7 Å². The molecule has 35 heavy (non-hydrogen) atoms. The fourth-order valence-electron chi connectivity index (χ4n) is 3.52. The molecule has 0 aliphatic rings. The van der Waals surface area contributed by atoms with Gasteiger partial charge in [-0.15, -0.1) is 10.2 Å². The molecule has 2 amide bonds. The average Bonchev–Trinajstić information content (AvgIpc) is 3.35. The minimum atomic E-state index is -0.655. The summed E-state index contributed by atoms with van der Waals surface area (Å²) in [7, 11) is 1.59. The third-order valence-corrected chi connectivity index (χ3v) is 5.37. The molecule has 0 saturated heterocycles. The first-order chi connectivity index (χ1) is 16.9. The first kappa shape index (κ1) is 23.6. The Kier molecular flexibility index (Phi) is 7.15. The van der Waals surface area contributed by atoms with Gasteiger partial charge in [0.15, 0.2) is 6.04 Å². The molecule has 4 rings (SSSR count). The van der Waals surface area contributed by atoms with E-state index in [1.54, 1.807) is 55.6 Å². The summed E-state index contributed by atoms with van der Waals surface area (Å²) in [5.74, 6) is 0.555. The Morgan fingerprint density at radius 2 is 1.49 bits per heavy atom. The van der Waals surface area contributed by atoms with Crippen LogP contribution in [0, 0.1) is 5.92 Å². The number of anilines is 2. The summed E-state index contributed by atoms with van der Waals surface area (Å²) in [6, 6.07) is 22.6. The molecule has 0 bridgehead atoms. The summed E-state index contributed by atoms with van der Waals surface area (Å²) in [5.41, 5.74) is 2.50. The van der Waals surface area contributed by atoms with Crippen molar-refractivity contribution in [3.63, 3.8) is 0 Å². The van der Waals surface area contributed by atoms with Crippen molar-refractivity contribution in [1.29, 1.82) is 0 Å². The van der Waals surface area contributed by atoms with Gasteiger partial charge in [-0.25, -0.2) is 0 Å². The third kappa shape index (κ3) is 5.70. The molecule has 1 atom stereocenters. The van der Waals surface area contributed by atoms with Gasteiger partial charge in [-0.05, 0) is 59.7 Å². The fraction of sp³-hybridized carbons (Fsp3) is 0.192. The van der Waals surface area contributed by atoms with Gasteiger partial charge in [-0.3, -0.25) is 9.59 Å². The lowest BCUT2D eigenvalue weighted by Gasteiger charge is -2.18. The zero-order valence-electron chi connectivity index (χ0n) is 19.7. The van der Waals surface area contributed by atoms with Crippen LogP contribution in [0.1, 0.15) is 30.2 Å². The highest BCUT2D eigenvalue weighted by Gasteiger charge is 2.27. The molecule has 0 aliphatic carbocycles. The Labute approximate surface area is 203 Å². The van der Waals surface area contributed by atoms with E-state index in [2.05, 4.69) is 26.0 Å². The van der Waals surface area contributed by atoms with E-state index in [1.807, 2.05) is 44.2 Å². The molecule has 3 aromatic carbocycles. The van der Waals surface area contributed by atoms with E-state index >= 15 is 0 Å². The second-order valence-electron chi connectivity index (χ2n) is 8.24. The number of hydrogen-bond acceptors (Lipinski definition) is 6. The van der Waals surface area contributed by atoms with Gasteiger partial charge in [0.05, 0.1) is 7.11 Å². The summed E-state index contributed by atoms with van der Waals surface area (Å²) in [5, 5.41) is 18.4. The standard InChI is InChI=1S/C26H26N6O3/c1-17(2)23(32-30-24(29-31-32)18-7-5-4-6-8-18)26(34)28-20-11-9-19(10-12-20)25(33)27-21-13-15-22(35-3)16-14-21/h4-17,23H,1-3H3,(H,27,33)(H,28,34). The van der Waals surface area contributed by atoms with Gasteiger partial charge >= 0.3 is 0 Å². The second kappa shape index (κ2) is 10.6. The smallest absolute Gasteiger partial charge is 0.255 e. The molecule has 178 valence electrons. The minimum Gasteiger partial charge on any atom is -0.497 e. The number of ether oxygens (including phenoxy) is 1. The fourth-order valence-corrected chi connectivity index (χ4v) is 3.52. The predicted molar refractivity (Wildman–Crippen MR) is 133 cm³/mol. The summed E-state index contributed by atoms with van der Waals surface area (Å²) in [4.78, 5) is 27.0. The lowest BCUT2D eigenvalue weighted by atomic mass is 10.0. The maximum absolute atomic E-state index is 13.1. The van der Waals surface area contributed by atoms with Gasteiger partial charge < -0.3 is 15.4 Å². The Morgan fingerprint density at radius 3 is 2.11 bits per heavy atom. The SMILES string of the molecule is COc1ccc(NC(=O)c2ccc(NC(=O)C(C(C)C)n3nnc(-c4ccccc4)n3)cc2)cc1. The highest BCUT2D eigenvalue weighted by Crippen LogP contribution is 2.21. The number of tetrazole rings is 1. The molecule has 9 heteroatoms. The third-order valence-electron chi connectivity index (χ3n) is 5.37. The Balaban J connectivity index is 1.42. The van der Waals surface area contributed by atoms with E-state index in [1.165, 1.54) is 4.80 Å². The molecule has 0 fully saturated rings. The maximum Gasteiger partial charge on any atom is 0.255 e. The van der Waals surface area contributed by atoms with Crippen molar-refractivity contribution in [2.45, 2.75) is 19.9 Å². The van der Waals surface area contributed by atoms with Crippen LogP contribution in [0.2, 0.25) is 0 Å². The van der Waals surface area contributed by atoms with Crippen LogP contribution in [0.5, 0.6) is 5.75 Å². The first-order valence-corrected chi connectivity index (χ1v) is 11.2. The van der Waals surface area contributed by atoms with Crippen molar-refractivity contribution < 1.29 is 14.3 Å². The molecule has 1 heterocycles. The number of rotatable bonds is 8. The highest BCUT2D eigenvalue weighted by molar-refractivity contribution is 6.04. The summed E-state index contributed by atoms with van der Waals surface area (Å²) < 4.78 is 5.12. The first-order valence-electron chi connectivity index (χ1n) is 11.2.